The van der Waals surface area contributed by atoms with Crippen LogP contribution in [-0.2, 0) is 0 Å². The first-order valence-corrected chi connectivity index (χ1v) is 7.83. The van der Waals surface area contributed by atoms with E-state index in [0.717, 1.165) is 30.4 Å². The third-order valence-electron chi connectivity index (χ3n) is 3.89. The average molecular weight is 282 g/mol. The van der Waals surface area contributed by atoms with Crippen LogP contribution in [0, 0.1) is 0 Å². The Morgan fingerprint density at radius 1 is 1.37 bits per heavy atom. The highest BCUT2D eigenvalue weighted by Gasteiger charge is 2.32. The first-order valence-electron chi connectivity index (χ1n) is 7.06. The summed E-state index contributed by atoms with van der Waals surface area (Å²) in [6.45, 7) is 8.58. The van der Waals surface area contributed by atoms with Crippen LogP contribution in [0.4, 0.5) is 10.8 Å². The molecule has 0 aliphatic carbocycles. The summed E-state index contributed by atoms with van der Waals surface area (Å²) >= 11 is 1.47. The Labute approximate surface area is 118 Å². The Balaban J connectivity index is 1.78. The van der Waals surface area contributed by atoms with Gasteiger partial charge in [-0.25, -0.2) is 0 Å². The first kappa shape index (κ1) is 13.0. The minimum Gasteiger partial charge on any atom is -0.484 e. The van der Waals surface area contributed by atoms with Crippen LogP contribution < -0.4 is 15.4 Å². The highest BCUT2D eigenvalue weighted by atomic mass is 32.1. The molecule has 0 saturated carbocycles. The SMILES string of the molecule is CC(C)Oc1c(N)nsc1N1CCN2CCCC2C1. The smallest absolute Gasteiger partial charge is 0.198 e. The van der Waals surface area contributed by atoms with E-state index in [4.69, 9.17) is 10.5 Å². The van der Waals surface area contributed by atoms with E-state index in [-0.39, 0.29) is 6.10 Å². The van der Waals surface area contributed by atoms with E-state index >= 15 is 0 Å². The number of nitrogen functional groups attached to an aromatic ring is 1. The zero-order chi connectivity index (χ0) is 13.4. The maximum Gasteiger partial charge on any atom is 0.198 e. The summed E-state index contributed by atoms with van der Waals surface area (Å²) in [7, 11) is 0. The second-order valence-corrected chi connectivity index (χ2v) is 6.40. The van der Waals surface area contributed by atoms with Crippen LogP contribution in [0.1, 0.15) is 26.7 Å². The van der Waals surface area contributed by atoms with Crippen molar-refractivity contribution in [2.75, 3.05) is 36.8 Å². The number of hydrogen-bond acceptors (Lipinski definition) is 6. The molecule has 1 unspecified atom stereocenters. The van der Waals surface area contributed by atoms with Gasteiger partial charge in [0.05, 0.1) is 6.10 Å². The van der Waals surface area contributed by atoms with Crippen LogP contribution in [-0.4, -0.2) is 47.6 Å². The van der Waals surface area contributed by atoms with Crippen molar-refractivity contribution in [1.82, 2.24) is 9.27 Å². The van der Waals surface area contributed by atoms with Crippen molar-refractivity contribution in [2.24, 2.45) is 0 Å². The summed E-state index contributed by atoms with van der Waals surface area (Å²) in [4.78, 5) is 5.00. The monoisotopic (exact) mass is 282 g/mol. The lowest BCUT2D eigenvalue weighted by molar-refractivity contribution is 0.226. The van der Waals surface area contributed by atoms with Gasteiger partial charge in [-0.2, -0.15) is 4.37 Å². The molecule has 6 heteroatoms. The van der Waals surface area contributed by atoms with E-state index in [0.29, 0.717) is 11.9 Å². The van der Waals surface area contributed by atoms with Crippen LogP contribution in [0.2, 0.25) is 0 Å². The molecular formula is C13H22N4OS. The second kappa shape index (κ2) is 5.17. The molecule has 2 fully saturated rings. The fourth-order valence-electron chi connectivity index (χ4n) is 3.01. The minimum absolute atomic E-state index is 0.130. The summed E-state index contributed by atoms with van der Waals surface area (Å²) in [6.07, 6.45) is 2.77. The molecular weight excluding hydrogens is 260 g/mol. The van der Waals surface area contributed by atoms with Gasteiger partial charge in [0.1, 0.15) is 0 Å². The average Bonchev–Trinajstić information content (AvgIpc) is 2.96. The lowest BCUT2D eigenvalue weighted by Crippen LogP contribution is -2.50. The molecule has 1 aromatic heterocycles. The molecule has 106 valence electrons. The summed E-state index contributed by atoms with van der Waals surface area (Å²) < 4.78 is 10.1. The molecule has 0 aromatic carbocycles. The van der Waals surface area contributed by atoms with Crippen molar-refractivity contribution in [2.45, 2.75) is 38.8 Å². The number of hydrogen-bond donors (Lipinski definition) is 1. The van der Waals surface area contributed by atoms with Crippen LogP contribution in [0.25, 0.3) is 0 Å². The fourth-order valence-corrected chi connectivity index (χ4v) is 3.79. The topological polar surface area (TPSA) is 54.6 Å². The van der Waals surface area contributed by atoms with Crippen molar-refractivity contribution in [3.05, 3.63) is 0 Å². The molecule has 19 heavy (non-hydrogen) atoms. The minimum atomic E-state index is 0.130. The van der Waals surface area contributed by atoms with Crippen molar-refractivity contribution in [3.63, 3.8) is 0 Å². The van der Waals surface area contributed by atoms with Crippen molar-refractivity contribution >= 4 is 22.4 Å². The van der Waals surface area contributed by atoms with Gasteiger partial charge in [0, 0.05) is 25.7 Å². The summed E-state index contributed by atoms with van der Waals surface area (Å²) in [5.41, 5.74) is 5.94. The molecule has 1 aromatic rings. The molecule has 5 nitrogen and oxygen atoms in total. The Morgan fingerprint density at radius 2 is 2.21 bits per heavy atom. The molecule has 0 amide bonds. The standard InChI is InChI=1S/C13H22N4OS/c1-9(2)18-11-12(14)15-19-13(11)17-7-6-16-5-3-4-10(16)8-17/h9-10H,3-8H2,1-2H3,(H2,14,15). The van der Waals surface area contributed by atoms with Crippen molar-refractivity contribution < 1.29 is 4.74 Å². The van der Waals surface area contributed by atoms with Crippen molar-refractivity contribution in [3.8, 4) is 5.75 Å². The predicted molar refractivity (Wildman–Crippen MR) is 79.1 cm³/mol. The number of nitrogens with two attached hydrogens (primary N) is 1. The molecule has 2 N–H and O–H groups in total. The van der Waals surface area contributed by atoms with Crippen LogP contribution in [0.15, 0.2) is 0 Å². The van der Waals surface area contributed by atoms with Crippen LogP contribution >= 0.6 is 11.5 Å². The maximum atomic E-state index is 5.94. The van der Waals surface area contributed by atoms with Gasteiger partial charge in [-0.1, -0.05) is 0 Å². The third kappa shape index (κ3) is 2.51. The van der Waals surface area contributed by atoms with Crippen molar-refractivity contribution in [1.29, 1.82) is 0 Å². The van der Waals surface area contributed by atoms with E-state index in [9.17, 15) is 0 Å². The summed E-state index contributed by atoms with van der Waals surface area (Å²) in [5.74, 6) is 1.31. The fraction of sp³-hybridized carbons (Fsp3) is 0.769. The highest BCUT2D eigenvalue weighted by molar-refractivity contribution is 7.11. The molecule has 3 heterocycles. The van der Waals surface area contributed by atoms with Gasteiger partial charge in [-0.3, -0.25) is 4.90 Å². The molecule has 0 bridgehead atoms. The summed E-state index contributed by atoms with van der Waals surface area (Å²) in [5, 5.41) is 1.11. The van der Waals surface area contributed by atoms with E-state index in [1.54, 1.807) is 0 Å². The Bertz CT molecular complexity index is 448. The van der Waals surface area contributed by atoms with Gasteiger partial charge in [0.25, 0.3) is 0 Å². The molecule has 2 saturated heterocycles. The second-order valence-electron chi connectivity index (χ2n) is 5.65. The lowest BCUT2D eigenvalue weighted by Gasteiger charge is -2.38. The van der Waals surface area contributed by atoms with Crippen LogP contribution in [0.5, 0.6) is 5.75 Å². The van der Waals surface area contributed by atoms with Gasteiger partial charge in [-0.15, -0.1) is 0 Å². The molecule has 2 aliphatic rings. The third-order valence-corrected chi connectivity index (χ3v) is 4.79. The molecule has 0 radical (unpaired) electrons. The van der Waals surface area contributed by atoms with E-state index < -0.39 is 0 Å². The van der Waals surface area contributed by atoms with Crippen LogP contribution in [0.3, 0.4) is 0 Å². The maximum absolute atomic E-state index is 5.94. The van der Waals surface area contributed by atoms with Gasteiger partial charge < -0.3 is 15.4 Å². The van der Waals surface area contributed by atoms with E-state index in [2.05, 4.69) is 14.2 Å². The number of ether oxygens (including phenoxy) is 1. The normalized spacial score (nSPS) is 23.9. The lowest BCUT2D eigenvalue weighted by atomic mass is 10.1. The number of nitrogens with zero attached hydrogens (tertiary/aromatic N) is 3. The number of aromatic nitrogens is 1. The number of anilines is 2. The van der Waals surface area contributed by atoms with Gasteiger partial charge in [0.15, 0.2) is 16.6 Å². The highest BCUT2D eigenvalue weighted by Crippen LogP contribution is 2.40. The predicted octanol–water partition coefficient (Wildman–Crippen LogP) is 1.80. The van der Waals surface area contributed by atoms with E-state index in [1.807, 2.05) is 13.8 Å². The van der Waals surface area contributed by atoms with E-state index in [1.165, 1.54) is 30.9 Å². The molecule has 3 rings (SSSR count). The number of fused-ring (bicyclic) bond motifs is 1. The van der Waals surface area contributed by atoms with Gasteiger partial charge in [0.2, 0.25) is 0 Å². The first-order chi connectivity index (χ1) is 9.15. The molecule has 1 atom stereocenters. The zero-order valence-electron chi connectivity index (χ0n) is 11.6. The quantitative estimate of drug-likeness (QED) is 0.916. The Hall–Kier alpha value is -1.01. The zero-order valence-corrected chi connectivity index (χ0v) is 12.4. The number of piperazine rings is 1. The van der Waals surface area contributed by atoms with Gasteiger partial charge in [-0.05, 0) is 44.8 Å². The Morgan fingerprint density at radius 3 is 3.00 bits per heavy atom. The van der Waals surface area contributed by atoms with Gasteiger partial charge >= 0.3 is 0 Å². The number of rotatable bonds is 3. The summed E-state index contributed by atoms with van der Waals surface area (Å²) in [6, 6.07) is 0.698. The largest absolute Gasteiger partial charge is 0.484 e. The molecule has 2 aliphatic heterocycles. The molecule has 0 spiro atoms. The Kier molecular flexibility index (Phi) is 3.54.